The molecule has 1 aromatic rings. The summed E-state index contributed by atoms with van der Waals surface area (Å²) in [5.41, 5.74) is 3.92. The van der Waals surface area contributed by atoms with Crippen molar-refractivity contribution in [1.29, 1.82) is 0 Å². The van der Waals surface area contributed by atoms with Gasteiger partial charge >= 0.3 is 0 Å². The molecule has 0 aromatic heterocycles. The smallest absolute Gasteiger partial charge is 0.191 e. The molecule has 0 atom stereocenters. The van der Waals surface area contributed by atoms with Gasteiger partial charge in [0.25, 0.3) is 0 Å². The zero-order valence-electron chi connectivity index (χ0n) is 9.25. The number of rotatable bonds is 3. The fourth-order valence-electron chi connectivity index (χ4n) is 0.938. The number of hydrogen-bond acceptors (Lipinski definition) is 2. The Labute approximate surface area is 99.7 Å². The van der Waals surface area contributed by atoms with Gasteiger partial charge in [0.2, 0.25) is 0 Å². The SMILES string of the molecule is CC/C(C)=N\NC(=S)Nc1ccccc1F. The Bertz CT molecular complexity index is 404. The van der Waals surface area contributed by atoms with Crippen molar-refractivity contribution in [3.8, 4) is 0 Å². The molecule has 0 amide bonds. The number of hydrogen-bond donors (Lipinski definition) is 2. The summed E-state index contributed by atoms with van der Waals surface area (Å²) in [7, 11) is 0. The first-order chi connectivity index (χ1) is 7.63. The summed E-state index contributed by atoms with van der Waals surface area (Å²) in [5, 5.41) is 7.01. The Kier molecular flexibility index (Phi) is 4.85. The fraction of sp³-hybridized carbons (Fsp3) is 0.273. The third kappa shape index (κ3) is 3.94. The van der Waals surface area contributed by atoms with Crippen molar-refractivity contribution in [2.75, 3.05) is 5.32 Å². The topological polar surface area (TPSA) is 36.4 Å². The van der Waals surface area contributed by atoms with Crippen LogP contribution in [0.2, 0.25) is 0 Å². The number of hydrazone groups is 1. The predicted octanol–water partition coefficient (Wildman–Crippen LogP) is 2.90. The lowest BCUT2D eigenvalue weighted by Crippen LogP contribution is -2.25. The van der Waals surface area contributed by atoms with Crippen LogP contribution in [0.3, 0.4) is 0 Å². The zero-order valence-corrected chi connectivity index (χ0v) is 10.1. The monoisotopic (exact) mass is 239 g/mol. The third-order valence-corrected chi connectivity index (χ3v) is 2.18. The van der Waals surface area contributed by atoms with Gasteiger partial charge in [-0.25, -0.2) is 4.39 Å². The van der Waals surface area contributed by atoms with Crippen molar-refractivity contribution >= 4 is 28.7 Å². The van der Waals surface area contributed by atoms with Gasteiger partial charge in [0.1, 0.15) is 5.82 Å². The molecule has 1 aromatic carbocycles. The average Bonchev–Trinajstić information content (AvgIpc) is 2.29. The number of nitrogens with one attached hydrogen (secondary N) is 2. The number of halogens is 1. The van der Waals surface area contributed by atoms with Crippen molar-refractivity contribution < 1.29 is 4.39 Å². The van der Waals surface area contributed by atoms with E-state index in [1.54, 1.807) is 18.2 Å². The van der Waals surface area contributed by atoms with Crippen molar-refractivity contribution in [1.82, 2.24) is 5.43 Å². The van der Waals surface area contributed by atoms with E-state index in [1.165, 1.54) is 6.07 Å². The van der Waals surface area contributed by atoms with Crippen LogP contribution in [0, 0.1) is 5.82 Å². The molecule has 5 heteroatoms. The van der Waals surface area contributed by atoms with Crippen LogP contribution < -0.4 is 10.7 Å². The molecular weight excluding hydrogens is 225 g/mol. The molecule has 86 valence electrons. The highest BCUT2D eigenvalue weighted by atomic mass is 32.1. The van der Waals surface area contributed by atoms with E-state index in [4.69, 9.17) is 12.2 Å². The molecule has 0 bridgehead atoms. The Morgan fingerprint density at radius 1 is 1.44 bits per heavy atom. The number of benzene rings is 1. The molecule has 0 saturated heterocycles. The van der Waals surface area contributed by atoms with Gasteiger partial charge in [-0.05, 0) is 37.7 Å². The van der Waals surface area contributed by atoms with Crippen LogP contribution in [-0.2, 0) is 0 Å². The molecule has 0 saturated carbocycles. The summed E-state index contributed by atoms with van der Waals surface area (Å²) in [6.07, 6.45) is 0.843. The first-order valence-electron chi connectivity index (χ1n) is 4.98. The number of anilines is 1. The lowest BCUT2D eigenvalue weighted by molar-refractivity contribution is 0.632. The lowest BCUT2D eigenvalue weighted by atomic mass is 10.3. The minimum Gasteiger partial charge on any atom is -0.329 e. The van der Waals surface area contributed by atoms with Crippen LogP contribution in [0.15, 0.2) is 29.4 Å². The Morgan fingerprint density at radius 3 is 2.75 bits per heavy atom. The van der Waals surface area contributed by atoms with Crippen molar-refractivity contribution in [2.45, 2.75) is 20.3 Å². The maximum absolute atomic E-state index is 13.2. The minimum atomic E-state index is -0.345. The van der Waals surface area contributed by atoms with E-state index in [0.717, 1.165) is 12.1 Å². The number of thiocarbonyl (C=S) groups is 1. The van der Waals surface area contributed by atoms with Gasteiger partial charge in [0.05, 0.1) is 5.69 Å². The van der Waals surface area contributed by atoms with Crippen LogP contribution in [0.1, 0.15) is 20.3 Å². The quantitative estimate of drug-likeness (QED) is 0.484. The Hall–Kier alpha value is -1.49. The van der Waals surface area contributed by atoms with E-state index in [9.17, 15) is 4.39 Å². The summed E-state index contributed by atoms with van der Waals surface area (Å²) in [4.78, 5) is 0. The third-order valence-electron chi connectivity index (χ3n) is 1.98. The maximum atomic E-state index is 13.2. The van der Waals surface area contributed by atoms with E-state index >= 15 is 0 Å². The van der Waals surface area contributed by atoms with Gasteiger partial charge in [-0.2, -0.15) is 5.10 Å². The van der Waals surface area contributed by atoms with E-state index in [-0.39, 0.29) is 10.9 Å². The van der Waals surface area contributed by atoms with Crippen LogP contribution >= 0.6 is 12.2 Å². The highest BCUT2D eigenvalue weighted by Crippen LogP contribution is 2.11. The highest BCUT2D eigenvalue weighted by molar-refractivity contribution is 7.80. The standard InChI is InChI=1S/C11H14FN3S/c1-3-8(2)14-15-11(16)13-10-7-5-4-6-9(10)12/h4-7H,3H2,1-2H3,(H2,13,15,16)/b14-8-. The molecule has 2 N–H and O–H groups in total. The minimum absolute atomic E-state index is 0.276. The maximum Gasteiger partial charge on any atom is 0.191 e. The molecule has 3 nitrogen and oxygen atoms in total. The highest BCUT2D eigenvalue weighted by Gasteiger charge is 2.01. The normalized spacial score (nSPS) is 11.1. The summed E-state index contributed by atoms with van der Waals surface area (Å²) in [6.45, 7) is 3.88. The van der Waals surface area contributed by atoms with E-state index in [0.29, 0.717) is 5.69 Å². The summed E-state index contributed by atoms with van der Waals surface area (Å²) in [5.74, 6) is -0.345. The van der Waals surface area contributed by atoms with Crippen LogP contribution in [0.5, 0.6) is 0 Å². The number of para-hydroxylation sites is 1. The summed E-state index contributed by atoms with van der Waals surface area (Å²) in [6, 6.07) is 6.33. The second kappa shape index (κ2) is 6.17. The molecule has 0 aliphatic carbocycles. The second-order valence-electron chi connectivity index (χ2n) is 3.25. The second-order valence-corrected chi connectivity index (χ2v) is 3.65. The molecule has 0 unspecified atom stereocenters. The molecule has 0 radical (unpaired) electrons. The van der Waals surface area contributed by atoms with Gasteiger partial charge in [-0.3, -0.25) is 5.43 Å². The van der Waals surface area contributed by atoms with Crippen molar-refractivity contribution in [2.24, 2.45) is 5.10 Å². The first kappa shape index (κ1) is 12.6. The first-order valence-corrected chi connectivity index (χ1v) is 5.39. The van der Waals surface area contributed by atoms with E-state index in [2.05, 4.69) is 15.8 Å². The molecule has 0 fully saturated rings. The van der Waals surface area contributed by atoms with Crippen molar-refractivity contribution in [3.05, 3.63) is 30.1 Å². The molecule has 0 spiro atoms. The Morgan fingerprint density at radius 2 is 2.12 bits per heavy atom. The molecule has 0 aliphatic heterocycles. The molecular formula is C11H14FN3S. The molecule has 0 heterocycles. The molecule has 0 aliphatic rings. The predicted molar refractivity (Wildman–Crippen MR) is 69.2 cm³/mol. The summed E-state index contributed by atoms with van der Waals surface area (Å²) >= 11 is 4.97. The van der Waals surface area contributed by atoms with Crippen LogP contribution in [0.25, 0.3) is 0 Å². The number of nitrogens with zero attached hydrogens (tertiary/aromatic N) is 1. The van der Waals surface area contributed by atoms with E-state index in [1.807, 2.05) is 13.8 Å². The zero-order chi connectivity index (χ0) is 12.0. The van der Waals surface area contributed by atoms with Crippen molar-refractivity contribution in [3.63, 3.8) is 0 Å². The van der Waals surface area contributed by atoms with Gasteiger partial charge in [0.15, 0.2) is 5.11 Å². The summed E-state index contributed by atoms with van der Waals surface area (Å²) < 4.78 is 13.2. The molecule has 1 rings (SSSR count). The largest absolute Gasteiger partial charge is 0.329 e. The van der Waals surface area contributed by atoms with Gasteiger partial charge in [-0.1, -0.05) is 19.1 Å². The van der Waals surface area contributed by atoms with E-state index < -0.39 is 0 Å². The average molecular weight is 239 g/mol. The van der Waals surface area contributed by atoms with Crippen LogP contribution in [0.4, 0.5) is 10.1 Å². The van der Waals surface area contributed by atoms with Crippen LogP contribution in [-0.4, -0.2) is 10.8 Å². The van der Waals surface area contributed by atoms with Gasteiger partial charge < -0.3 is 5.32 Å². The fourth-order valence-corrected chi connectivity index (χ4v) is 1.09. The molecule has 16 heavy (non-hydrogen) atoms. The Balaban J connectivity index is 2.56. The van der Waals surface area contributed by atoms with Gasteiger partial charge in [0, 0.05) is 5.71 Å². The lowest BCUT2D eigenvalue weighted by Gasteiger charge is -2.08. The van der Waals surface area contributed by atoms with Gasteiger partial charge in [-0.15, -0.1) is 0 Å².